The minimum Gasteiger partial charge on any atom is -0.324 e. The highest BCUT2D eigenvalue weighted by Crippen LogP contribution is 2.27. The summed E-state index contributed by atoms with van der Waals surface area (Å²) in [5, 5.41) is 10.2. The van der Waals surface area contributed by atoms with Crippen LogP contribution in [0.4, 0.5) is 11.6 Å². The summed E-state index contributed by atoms with van der Waals surface area (Å²) in [4.78, 5) is 20.8. The van der Waals surface area contributed by atoms with Crippen LogP contribution in [0.5, 0.6) is 0 Å². The van der Waals surface area contributed by atoms with E-state index in [0.29, 0.717) is 17.5 Å². The number of carbonyl (C=O) groups is 1. The van der Waals surface area contributed by atoms with Crippen LogP contribution in [-0.2, 0) is 4.79 Å². The van der Waals surface area contributed by atoms with Crippen LogP contribution in [0.1, 0.15) is 5.56 Å². The molecule has 0 fully saturated rings. The Morgan fingerprint density at radius 3 is 2.34 bits per heavy atom. The summed E-state index contributed by atoms with van der Waals surface area (Å²) in [6.45, 7) is 0.449. The second-order valence-electron chi connectivity index (χ2n) is 7.46. The van der Waals surface area contributed by atoms with Crippen molar-refractivity contribution in [2.45, 2.75) is 0 Å². The van der Waals surface area contributed by atoms with E-state index in [1.807, 2.05) is 89.9 Å². The van der Waals surface area contributed by atoms with Crippen LogP contribution in [0.25, 0.3) is 11.3 Å². The molecule has 2 N–H and O–H groups in total. The van der Waals surface area contributed by atoms with Crippen molar-refractivity contribution >= 4 is 34.9 Å². The number of imidazole rings is 1. The number of hydrazone groups is 1. The van der Waals surface area contributed by atoms with Crippen LogP contribution >= 0.6 is 11.6 Å². The fraction of sp³-hybridized carbons (Fsp3) is 0.0800. The van der Waals surface area contributed by atoms with Crippen LogP contribution in [-0.4, -0.2) is 28.1 Å². The van der Waals surface area contributed by atoms with Crippen LogP contribution < -0.4 is 10.3 Å². The summed E-state index contributed by atoms with van der Waals surface area (Å²) < 4.78 is 0. The third-order valence-corrected chi connectivity index (χ3v) is 5.58. The summed E-state index contributed by atoms with van der Waals surface area (Å²) in [7, 11) is 0. The fourth-order valence-electron chi connectivity index (χ4n) is 3.70. The first-order valence-corrected chi connectivity index (χ1v) is 10.6. The third-order valence-electron chi connectivity index (χ3n) is 5.33. The van der Waals surface area contributed by atoms with Crippen LogP contribution in [0.3, 0.4) is 0 Å². The van der Waals surface area contributed by atoms with Gasteiger partial charge in [0.05, 0.1) is 29.8 Å². The predicted molar refractivity (Wildman–Crippen MR) is 128 cm³/mol. The zero-order chi connectivity index (χ0) is 21.9. The number of aromatic amines is 1. The molecule has 0 saturated carbocycles. The van der Waals surface area contributed by atoms with Gasteiger partial charge in [0.25, 0.3) is 0 Å². The first-order valence-electron chi connectivity index (χ1n) is 10.3. The molecule has 1 atom stereocenters. The molecule has 3 aromatic carbocycles. The van der Waals surface area contributed by atoms with Crippen LogP contribution in [0.2, 0.25) is 5.02 Å². The van der Waals surface area contributed by atoms with Crippen molar-refractivity contribution in [3.8, 4) is 11.3 Å². The molecule has 1 aliphatic rings. The molecular formula is C25H20ClN5O. The number of hydrogen-bond acceptors (Lipinski definition) is 4. The number of nitrogens with zero attached hydrogens (tertiary/aromatic N) is 3. The third kappa shape index (κ3) is 4.13. The van der Waals surface area contributed by atoms with Gasteiger partial charge < -0.3 is 4.98 Å². The maximum atomic E-state index is 13.3. The Labute approximate surface area is 190 Å². The van der Waals surface area contributed by atoms with Crippen molar-refractivity contribution in [2.75, 3.05) is 16.9 Å². The lowest BCUT2D eigenvalue weighted by atomic mass is 9.96. The molecule has 1 aromatic heterocycles. The minimum absolute atomic E-state index is 0.164. The van der Waals surface area contributed by atoms with E-state index in [2.05, 4.69) is 15.3 Å². The van der Waals surface area contributed by atoms with E-state index in [0.717, 1.165) is 28.2 Å². The van der Waals surface area contributed by atoms with E-state index in [1.54, 1.807) is 6.20 Å². The normalized spacial score (nSPS) is 15.5. The molecule has 0 radical (unpaired) electrons. The van der Waals surface area contributed by atoms with E-state index in [9.17, 15) is 4.79 Å². The van der Waals surface area contributed by atoms with Gasteiger partial charge in [-0.1, -0.05) is 72.3 Å². The molecule has 1 amide bonds. The maximum absolute atomic E-state index is 13.3. The van der Waals surface area contributed by atoms with Crippen molar-refractivity contribution in [1.29, 1.82) is 0 Å². The van der Waals surface area contributed by atoms with Gasteiger partial charge in [-0.05, 0) is 35.4 Å². The average Bonchev–Trinajstić information content (AvgIpc) is 3.48. The number of para-hydroxylation sites is 1. The SMILES string of the molecule is O=C(Nc1ncc(-c2ccc(Cl)cc2)[nH]1)[C@@H]1CN(c2ccccc2)N=C1c1ccccc1. The lowest BCUT2D eigenvalue weighted by Crippen LogP contribution is -2.32. The summed E-state index contributed by atoms with van der Waals surface area (Å²) >= 11 is 5.97. The topological polar surface area (TPSA) is 73.4 Å². The van der Waals surface area contributed by atoms with Crippen molar-refractivity contribution in [3.63, 3.8) is 0 Å². The zero-order valence-corrected chi connectivity index (χ0v) is 17.8. The van der Waals surface area contributed by atoms with Crippen molar-refractivity contribution in [1.82, 2.24) is 9.97 Å². The molecule has 4 aromatic rings. The molecule has 6 nitrogen and oxygen atoms in total. The van der Waals surface area contributed by atoms with Gasteiger partial charge in [0.15, 0.2) is 0 Å². The largest absolute Gasteiger partial charge is 0.324 e. The predicted octanol–water partition coefficient (Wildman–Crippen LogP) is 5.21. The zero-order valence-electron chi connectivity index (χ0n) is 17.1. The Bertz CT molecular complexity index is 1250. The lowest BCUT2D eigenvalue weighted by Gasteiger charge is -2.15. The molecule has 0 unspecified atom stereocenters. The Balaban J connectivity index is 1.38. The Kier molecular flexibility index (Phi) is 5.44. The number of nitrogens with one attached hydrogen (secondary N) is 2. The highest BCUT2D eigenvalue weighted by atomic mass is 35.5. The molecule has 158 valence electrons. The van der Waals surface area contributed by atoms with E-state index in [-0.39, 0.29) is 5.91 Å². The molecule has 5 rings (SSSR count). The van der Waals surface area contributed by atoms with Gasteiger partial charge in [-0.3, -0.25) is 15.1 Å². The number of rotatable bonds is 5. The van der Waals surface area contributed by atoms with Crippen molar-refractivity contribution < 1.29 is 4.79 Å². The van der Waals surface area contributed by atoms with Crippen LogP contribution in [0, 0.1) is 5.92 Å². The van der Waals surface area contributed by atoms with Gasteiger partial charge in [-0.15, -0.1) is 0 Å². The monoisotopic (exact) mass is 441 g/mol. The molecule has 0 bridgehead atoms. The van der Waals surface area contributed by atoms with Crippen LogP contribution in [0.15, 0.2) is 96.2 Å². The van der Waals surface area contributed by atoms with Gasteiger partial charge in [0, 0.05) is 5.02 Å². The standard InChI is InChI=1S/C25H20ClN5O/c26-19-13-11-17(12-14-19)22-15-27-25(28-22)29-24(32)21-16-31(20-9-5-2-6-10-20)30-23(21)18-7-3-1-4-8-18/h1-15,21H,16H2,(H2,27,28,29,32)/t21-/m1/s1. The molecule has 0 saturated heterocycles. The van der Waals surface area contributed by atoms with Gasteiger partial charge in [-0.25, -0.2) is 4.98 Å². The summed E-state index contributed by atoms with van der Waals surface area (Å²) in [6, 6.07) is 27.1. The number of H-pyrrole nitrogens is 1. The number of hydrogen-bond donors (Lipinski definition) is 2. The quantitative estimate of drug-likeness (QED) is 0.446. The van der Waals surface area contributed by atoms with Gasteiger partial charge >= 0.3 is 0 Å². The second-order valence-corrected chi connectivity index (χ2v) is 7.90. The summed E-state index contributed by atoms with van der Waals surface area (Å²) in [5.74, 6) is -0.213. The van der Waals surface area contributed by atoms with E-state index >= 15 is 0 Å². The lowest BCUT2D eigenvalue weighted by molar-refractivity contribution is -0.117. The molecule has 32 heavy (non-hydrogen) atoms. The van der Waals surface area contributed by atoms with E-state index in [1.165, 1.54) is 0 Å². The molecule has 2 heterocycles. The van der Waals surface area contributed by atoms with Crippen molar-refractivity contribution in [3.05, 3.63) is 102 Å². The minimum atomic E-state index is -0.443. The van der Waals surface area contributed by atoms with Gasteiger partial charge in [0.2, 0.25) is 11.9 Å². The first-order chi connectivity index (χ1) is 15.7. The van der Waals surface area contributed by atoms with Gasteiger partial charge in [-0.2, -0.15) is 5.10 Å². The van der Waals surface area contributed by atoms with Gasteiger partial charge in [0.1, 0.15) is 5.92 Å². The van der Waals surface area contributed by atoms with Crippen molar-refractivity contribution in [2.24, 2.45) is 11.0 Å². The molecule has 1 aliphatic heterocycles. The number of amides is 1. The Hall–Kier alpha value is -3.90. The highest BCUT2D eigenvalue weighted by Gasteiger charge is 2.34. The average molecular weight is 442 g/mol. The maximum Gasteiger partial charge on any atom is 0.237 e. The number of carbonyl (C=O) groups excluding carboxylic acids is 1. The first kappa shape index (κ1) is 20.0. The van der Waals surface area contributed by atoms with E-state index < -0.39 is 5.92 Å². The Morgan fingerprint density at radius 2 is 1.62 bits per heavy atom. The molecule has 0 spiro atoms. The molecular weight excluding hydrogens is 422 g/mol. The fourth-order valence-corrected chi connectivity index (χ4v) is 3.83. The van der Waals surface area contributed by atoms with E-state index in [4.69, 9.17) is 16.7 Å². The molecule has 7 heteroatoms. The smallest absolute Gasteiger partial charge is 0.237 e. The number of anilines is 2. The number of halogens is 1. The number of benzene rings is 3. The summed E-state index contributed by atoms with van der Waals surface area (Å²) in [5.41, 5.74) is 4.33. The number of aromatic nitrogens is 2. The summed E-state index contributed by atoms with van der Waals surface area (Å²) in [6.07, 6.45) is 1.69. The Morgan fingerprint density at radius 1 is 0.938 bits per heavy atom. The second kappa shape index (κ2) is 8.69. The molecule has 0 aliphatic carbocycles. The highest BCUT2D eigenvalue weighted by molar-refractivity contribution is 6.30.